The molecule has 10 heteroatoms. The molecule has 0 aromatic carbocycles. The van der Waals surface area contributed by atoms with Crippen LogP contribution in [0.3, 0.4) is 0 Å². The van der Waals surface area contributed by atoms with Gasteiger partial charge >= 0.3 is 12.0 Å². The van der Waals surface area contributed by atoms with Gasteiger partial charge in [0.25, 0.3) is 0 Å². The van der Waals surface area contributed by atoms with Crippen molar-refractivity contribution in [3.63, 3.8) is 0 Å². The summed E-state index contributed by atoms with van der Waals surface area (Å²) in [5.41, 5.74) is -0.287. The van der Waals surface area contributed by atoms with E-state index in [0.29, 0.717) is 5.76 Å². The number of hydrogen-bond acceptors (Lipinski definition) is 6. The third-order valence-corrected chi connectivity index (χ3v) is 2.32. The van der Waals surface area contributed by atoms with Crippen LogP contribution in [-0.4, -0.2) is 38.0 Å². The van der Waals surface area contributed by atoms with Gasteiger partial charge in [-0.2, -0.15) is 0 Å². The molecule has 3 amide bonds. The molecule has 0 unspecified atom stereocenters. The van der Waals surface area contributed by atoms with Crippen molar-refractivity contribution in [1.29, 1.82) is 0 Å². The number of nitrogens with zero attached hydrogens (tertiary/aromatic N) is 3. The maximum Gasteiger partial charge on any atom is 0.358 e. The molecule has 0 spiro atoms. The predicted octanol–water partition coefficient (Wildman–Crippen LogP) is -0.405. The number of imide groups is 1. The first-order valence-electron chi connectivity index (χ1n) is 5.78. The number of rotatable bonds is 5. The first-order valence-corrected chi connectivity index (χ1v) is 5.78. The summed E-state index contributed by atoms with van der Waals surface area (Å²) in [6.07, 6.45) is 2.55. The minimum Gasteiger partial charge on any atom is -0.476 e. The zero-order valence-electron chi connectivity index (χ0n) is 10.6. The fourth-order valence-corrected chi connectivity index (χ4v) is 1.41. The van der Waals surface area contributed by atoms with Crippen molar-refractivity contribution in [2.24, 2.45) is 0 Å². The van der Waals surface area contributed by atoms with Crippen LogP contribution in [0, 0.1) is 0 Å². The first-order chi connectivity index (χ1) is 10.0. The van der Waals surface area contributed by atoms with Crippen LogP contribution >= 0.6 is 0 Å². The zero-order chi connectivity index (χ0) is 15.2. The van der Waals surface area contributed by atoms with E-state index in [9.17, 15) is 14.4 Å². The number of furan rings is 1. The molecule has 0 bridgehead atoms. The Hall–Kier alpha value is -3.17. The van der Waals surface area contributed by atoms with Gasteiger partial charge in [-0.1, -0.05) is 5.21 Å². The van der Waals surface area contributed by atoms with E-state index in [2.05, 4.69) is 20.9 Å². The highest BCUT2D eigenvalue weighted by atomic mass is 16.4. The Morgan fingerprint density at radius 1 is 1.38 bits per heavy atom. The fraction of sp³-hybridized carbons (Fsp3) is 0.182. The van der Waals surface area contributed by atoms with Crippen LogP contribution < -0.4 is 10.6 Å². The quantitative estimate of drug-likeness (QED) is 0.681. The number of aromatic carboxylic acids is 1. The molecule has 0 aliphatic rings. The molecule has 2 aromatic heterocycles. The number of amides is 3. The number of hydrogen-bond donors (Lipinski definition) is 3. The number of urea groups is 1. The van der Waals surface area contributed by atoms with E-state index < -0.39 is 17.9 Å². The Morgan fingerprint density at radius 3 is 2.81 bits per heavy atom. The molecular formula is C11H11N5O5. The molecule has 0 atom stereocenters. The highest BCUT2D eigenvalue weighted by Crippen LogP contribution is 1.98. The van der Waals surface area contributed by atoms with E-state index in [4.69, 9.17) is 9.52 Å². The molecule has 0 aliphatic heterocycles. The molecule has 2 rings (SSSR count). The topological polar surface area (TPSA) is 139 Å². The molecule has 110 valence electrons. The van der Waals surface area contributed by atoms with Crippen molar-refractivity contribution >= 4 is 17.9 Å². The summed E-state index contributed by atoms with van der Waals surface area (Å²) in [5, 5.41) is 19.9. The molecule has 21 heavy (non-hydrogen) atoms. The van der Waals surface area contributed by atoms with Crippen molar-refractivity contribution in [2.75, 3.05) is 0 Å². The lowest BCUT2D eigenvalue weighted by Crippen LogP contribution is -2.40. The normalized spacial score (nSPS) is 10.1. The Bertz CT molecular complexity index is 648. The summed E-state index contributed by atoms with van der Waals surface area (Å²) in [4.78, 5) is 33.5. The molecule has 0 radical (unpaired) electrons. The van der Waals surface area contributed by atoms with E-state index in [-0.39, 0.29) is 18.8 Å². The predicted molar refractivity (Wildman–Crippen MR) is 66.1 cm³/mol. The van der Waals surface area contributed by atoms with E-state index in [1.165, 1.54) is 6.26 Å². The summed E-state index contributed by atoms with van der Waals surface area (Å²) in [7, 11) is 0. The second-order valence-corrected chi connectivity index (χ2v) is 3.92. The van der Waals surface area contributed by atoms with Gasteiger partial charge < -0.3 is 14.8 Å². The number of carboxylic acid groups (broad SMARTS) is 1. The molecule has 3 N–H and O–H groups in total. The van der Waals surface area contributed by atoms with Crippen LogP contribution in [0.2, 0.25) is 0 Å². The van der Waals surface area contributed by atoms with E-state index in [1.54, 1.807) is 12.1 Å². The highest BCUT2D eigenvalue weighted by Gasteiger charge is 2.12. The van der Waals surface area contributed by atoms with E-state index >= 15 is 0 Å². The van der Waals surface area contributed by atoms with Crippen molar-refractivity contribution in [2.45, 2.75) is 13.1 Å². The van der Waals surface area contributed by atoms with Gasteiger partial charge in [0.2, 0.25) is 5.91 Å². The molecule has 2 aromatic rings. The average molecular weight is 293 g/mol. The molecule has 0 saturated heterocycles. The van der Waals surface area contributed by atoms with Crippen LogP contribution in [0.15, 0.2) is 29.0 Å². The molecule has 0 saturated carbocycles. The lowest BCUT2D eigenvalue weighted by molar-refractivity contribution is -0.120. The maximum atomic E-state index is 11.5. The summed E-state index contributed by atoms with van der Waals surface area (Å²) in [6, 6.07) is 2.64. The van der Waals surface area contributed by atoms with Crippen molar-refractivity contribution in [1.82, 2.24) is 25.6 Å². The molecule has 2 heterocycles. The Kier molecular flexibility index (Phi) is 4.29. The second kappa shape index (κ2) is 6.32. The number of nitrogens with one attached hydrogen (secondary N) is 2. The van der Waals surface area contributed by atoms with Gasteiger partial charge in [0.1, 0.15) is 12.3 Å². The minimum atomic E-state index is -1.25. The van der Waals surface area contributed by atoms with Crippen LogP contribution in [0.4, 0.5) is 4.79 Å². The Morgan fingerprint density at radius 2 is 2.19 bits per heavy atom. The van der Waals surface area contributed by atoms with Gasteiger partial charge in [0.15, 0.2) is 5.69 Å². The zero-order valence-corrected chi connectivity index (χ0v) is 10.6. The summed E-state index contributed by atoms with van der Waals surface area (Å²) >= 11 is 0. The van der Waals surface area contributed by atoms with Gasteiger partial charge in [-0.3, -0.25) is 10.1 Å². The number of carbonyl (C=O) groups excluding carboxylic acids is 2. The highest BCUT2D eigenvalue weighted by molar-refractivity contribution is 5.94. The molecule has 0 aliphatic carbocycles. The Balaban J connectivity index is 1.77. The smallest absolute Gasteiger partial charge is 0.358 e. The van der Waals surface area contributed by atoms with E-state index in [1.807, 2.05) is 0 Å². The summed E-state index contributed by atoms with van der Waals surface area (Å²) < 4.78 is 6.02. The third kappa shape index (κ3) is 4.16. The third-order valence-electron chi connectivity index (χ3n) is 2.32. The maximum absolute atomic E-state index is 11.5. The largest absolute Gasteiger partial charge is 0.476 e. The summed E-state index contributed by atoms with van der Waals surface area (Å²) in [6.45, 7) is -0.187. The second-order valence-electron chi connectivity index (χ2n) is 3.92. The Labute approximate surface area is 117 Å². The van der Waals surface area contributed by atoms with Crippen LogP contribution in [0.25, 0.3) is 0 Å². The van der Waals surface area contributed by atoms with Crippen LogP contribution in [0.1, 0.15) is 16.2 Å². The first kappa shape index (κ1) is 14.2. The lowest BCUT2D eigenvalue weighted by Gasteiger charge is -2.05. The lowest BCUT2D eigenvalue weighted by atomic mass is 10.4. The van der Waals surface area contributed by atoms with Crippen molar-refractivity contribution in [3.8, 4) is 0 Å². The van der Waals surface area contributed by atoms with Gasteiger partial charge in [0.05, 0.1) is 19.0 Å². The van der Waals surface area contributed by atoms with Gasteiger partial charge in [-0.25, -0.2) is 14.3 Å². The van der Waals surface area contributed by atoms with E-state index in [0.717, 1.165) is 10.9 Å². The molecule has 10 nitrogen and oxygen atoms in total. The van der Waals surface area contributed by atoms with Crippen molar-refractivity contribution in [3.05, 3.63) is 36.0 Å². The number of carbonyl (C=O) groups is 3. The molecular weight excluding hydrogens is 282 g/mol. The van der Waals surface area contributed by atoms with Gasteiger partial charge in [0, 0.05) is 0 Å². The van der Waals surface area contributed by atoms with Crippen LogP contribution in [0.5, 0.6) is 0 Å². The van der Waals surface area contributed by atoms with Gasteiger partial charge in [-0.15, -0.1) is 5.10 Å². The average Bonchev–Trinajstić information content (AvgIpc) is 3.06. The van der Waals surface area contributed by atoms with Crippen molar-refractivity contribution < 1.29 is 23.9 Å². The number of aromatic nitrogens is 3. The van der Waals surface area contributed by atoms with Gasteiger partial charge in [-0.05, 0) is 12.1 Å². The fourth-order valence-electron chi connectivity index (χ4n) is 1.41. The number of carboxylic acids is 1. The SMILES string of the molecule is O=C(Cn1cc(C(=O)O)nn1)NC(=O)NCc1ccco1. The summed E-state index contributed by atoms with van der Waals surface area (Å²) in [5.74, 6) is -1.37. The van der Waals surface area contributed by atoms with Crippen LogP contribution in [-0.2, 0) is 17.9 Å². The molecule has 0 fully saturated rings. The standard InChI is InChI=1S/C11H11N5O5/c17-9(6-16-5-8(10(18)19)14-15-16)13-11(20)12-4-7-2-1-3-21-7/h1-3,5H,4,6H2,(H,18,19)(H2,12,13,17,20). The monoisotopic (exact) mass is 293 g/mol. The minimum absolute atomic E-state index is 0.138.